The number of rotatable bonds is 9. The number of aliphatic hydroxyl groups is 1. The zero-order valence-corrected chi connectivity index (χ0v) is 24.5. The van der Waals surface area contributed by atoms with Gasteiger partial charge in [0.25, 0.3) is 5.91 Å². The molecule has 0 aromatic carbocycles. The summed E-state index contributed by atoms with van der Waals surface area (Å²) in [7, 11) is -0.587. The predicted octanol–water partition coefficient (Wildman–Crippen LogP) is 4.09. The average Bonchev–Trinajstić information content (AvgIpc) is 3.53. The van der Waals surface area contributed by atoms with E-state index in [1.54, 1.807) is 12.1 Å². The fourth-order valence-corrected chi connectivity index (χ4v) is 7.53. The van der Waals surface area contributed by atoms with E-state index in [-0.39, 0.29) is 28.7 Å². The second-order valence-corrected chi connectivity index (χ2v) is 13.6. The smallest absolute Gasteiger partial charge is 0.404 e. The maximum atomic E-state index is 13.5. The maximum Gasteiger partial charge on any atom is 0.481 e. The van der Waals surface area contributed by atoms with Crippen LogP contribution in [0.5, 0.6) is 0 Å². The Kier molecular flexibility index (Phi) is 7.69. The first-order chi connectivity index (χ1) is 18.4. The summed E-state index contributed by atoms with van der Waals surface area (Å²) < 4.78 is 13.1. The molecule has 3 aliphatic carbocycles. The van der Waals surface area contributed by atoms with Gasteiger partial charge in [0, 0.05) is 0 Å². The summed E-state index contributed by atoms with van der Waals surface area (Å²) in [6, 6.07) is 7.89. The predicted molar refractivity (Wildman–Crippen MR) is 152 cm³/mol. The number of hydrogen-bond acceptors (Lipinski definition) is 7. The number of aromatic nitrogens is 1. The van der Waals surface area contributed by atoms with Crippen LogP contribution in [0.15, 0.2) is 35.7 Å². The molecule has 7 atom stereocenters. The van der Waals surface area contributed by atoms with Crippen LogP contribution in [0.4, 0.5) is 0 Å². The summed E-state index contributed by atoms with van der Waals surface area (Å²) in [5, 5.41) is 18.2. The molecule has 1 aliphatic heterocycles. The van der Waals surface area contributed by atoms with E-state index < -0.39 is 37.0 Å². The van der Waals surface area contributed by atoms with Crippen molar-refractivity contribution in [2.45, 2.75) is 90.6 Å². The van der Waals surface area contributed by atoms with Gasteiger partial charge in [-0.05, 0) is 79.9 Å². The number of hydrogen-bond donors (Lipinski definition) is 3. The molecule has 3 saturated carbocycles. The lowest BCUT2D eigenvalue weighted by Crippen LogP contribution is -2.65. The monoisotopic (exact) mass is 553 g/mol. The van der Waals surface area contributed by atoms with Crippen molar-refractivity contribution in [2.75, 3.05) is 0 Å². The van der Waals surface area contributed by atoms with Gasteiger partial charge in [-0.2, -0.15) is 0 Å². The zero-order chi connectivity index (χ0) is 28.1. The molecule has 0 spiro atoms. The molecule has 4 aliphatic rings. The van der Waals surface area contributed by atoms with Crippen LogP contribution in [0.25, 0.3) is 10.6 Å². The van der Waals surface area contributed by atoms with Crippen molar-refractivity contribution in [3.05, 3.63) is 41.4 Å². The third kappa shape index (κ3) is 5.28. The highest BCUT2D eigenvalue weighted by molar-refractivity contribution is 7.13. The number of carbonyl (C=O) groups excluding carboxylic acids is 2. The first-order valence-corrected chi connectivity index (χ1v) is 14.9. The van der Waals surface area contributed by atoms with Gasteiger partial charge in [0.1, 0.15) is 11.7 Å². The second kappa shape index (κ2) is 10.6. The Balaban J connectivity index is 1.29. The molecule has 1 saturated heterocycles. The van der Waals surface area contributed by atoms with Crippen LogP contribution < -0.4 is 10.6 Å². The summed E-state index contributed by atoms with van der Waals surface area (Å²) in [4.78, 5) is 32.0. The molecule has 39 heavy (non-hydrogen) atoms. The van der Waals surface area contributed by atoms with E-state index in [0.29, 0.717) is 24.0 Å². The van der Waals surface area contributed by atoms with Crippen LogP contribution in [0.1, 0.15) is 71.3 Å². The molecule has 4 fully saturated rings. The standard InChI is InChI=1S/C29H40BN3O5S/c1-16(2)13-24(30-37-23-15-18-14-22(28(18,4)5)29(23,6)38-30)32-27(36)25(17(3)34)33-26(35)20-10-7-9-19(31-20)21-11-8-12-39-21/h7-12,16-18,22-25,34H,13-15H2,1-6H3,(H,32,36)(H,33,35)/t17-,18+,22+,23-,24+,25+,29+/m1/s1. The summed E-state index contributed by atoms with van der Waals surface area (Å²) in [5.74, 6) is -0.108. The van der Waals surface area contributed by atoms with E-state index in [2.05, 4.69) is 50.2 Å². The SMILES string of the molecule is CC(C)C[C@H](NC(=O)[C@@H](NC(=O)c1cccc(-c2cccs2)n1)[C@@H](C)O)B1O[C@@H]2C[C@@H]3C[C@@H](C3(C)C)[C@]2(C)O1. The molecule has 10 heteroatoms. The molecule has 2 bridgehead atoms. The van der Waals surface area contributed by atoms with E-state index in [0.717, 1.165) is 17.7 Å². The van der Waals surface area contributed by atoms with Crippen molar-refractivity contribution in [1.82, 2.24) is 15.6 Å². The van der Waals surface area contributed by atoms with E-state index in [9.17, 15) is 14.7 Å². The molecular weight excluding hydrogens is 513 g/mol. The minimum atomic E-state index is -1.16. The number of carbonyl (C=O) groups is 2. The molecule has 3 N–H and O–H groups in total. The van der Waals surface area contributed by atoms with Gasteiger partial charge in [-0.1, -0.05) is 39.8 Å². The zero-order valence-electron chi connectivity index (χ0n) is 23.6. The van der Waals surface area contributed by atoms with Crippen LogP contribution >= 0.6 is 11.3 Å². The number of nitrogens with one attached hydrogen (secondary N) is 2. The molecular formula is C29H40BN3O5S. The number of pyridine rings is 1. The third-order valence-corrected chi connectivity index (χ3v) is 10.0. The molecule has 2 amide bonds. The Hall–Kier alpha value is -2.27. The maximum absolute atomic E-state index is 13.5. The summed E-state index contributed by atoms with van der Waals surface area (Å²) in [6.45, 7) is 12.5. The topological polar surface area (TPSA) is 110 Å². The van der Waals surface area contributed by atoms with Gasteiger partial charge < -0.3 is 25.0 Å². The van der Waals surface area contributed by atoms with Gasteiger partial charge in [-0.25, -0.2) is 4.98 Å². The van der Waals surface area contributed by atoms with E-state index in [1.807, 2.05) is 23.6 Å². The van der Waals surface area contributed by atoms with Crippen LogP contribution in [-0.4, -0.2) is 58.8 Å². The minimum Gasteiger partial charge on any atom is -0.404 e. The third-order valence-electron chi connectivity index (χ3n) is 9.16. The van der Waals surface area contributed by atoms with Crippen molar-refractivity contribution < 1.29 is 24.0 Å². The number of thiophene rings is 1. The molecule has 2 aromatic heterocycles. The van der Waals surface area contributed by atoms with E-state index >= 15 is 0 Å². The van der Waals surface area contributed by atoms with Crippen LogP contribution in [0.2, 0.25) is 0 Å². The van der Waals surface area contributed by atoms with Crippen molar-refractivity contribution in [3.8, 4) is 10.6 Å². The largest absolute Gasteiger partial charge is 0.481 e. The Labute approximate surface area is 235 Å². The highest BCUT2D eigenvalue weighted by atomic mass is 32.1. The molecule has 3 heterocycles. The molecule has 2 aromatic rings. The lowest BCUT2D eigenvalue weighted by Gasteiger charge is -2.64. The van der Waals surface area contributed by atoms with Gasteiger partial charge in [0.15, 0.2) is 0 Å². The minimum absolute atomic E-state index is 0.000185. The summed E-state index contributed by atoms with van der Waals surface area (Å²) in [5.41, 5.74) is 0.690. The first kappa shape index (κ1) is 28.3. The van der Waals surface area contributed by atoms with Gasteiger partial charge in [-0.15, -0.1) is 11.3 Å². The quantitative estimate of drug-likeness (QED) is 0.404. The Morgan fingerprint density at radius 2 is 1.92 bits per heavy atom. The molecule has 0 unspecified atom stereocenters. The molecule has 0 radical (unpaired) electrons. The van der Waals surface area contributed by atoms with E-state index in [1.165, 1.54) is 18.3 Å². The lowest BCUT2D eigenvalue weighted by molar-refractivity contribution is -0.199. The number of amides is 2. The highest BCUT2D eigenvalue weighted by Gasteiger charge is 2.68. The Morgan fingerprint density at radius 1 is 1.15 bits per heavy atom. The highest BCUT2D eigenvalue weighted by Crippen LogP contribution is 2.65. The van der Waals surface area contributed by atoms with Gasteiger partial charge in [-0.3, -0.25) is 9.59 Å². The normalized spacial score (nSPS) is 29.2. The molecule has 8 nitrogen and oxygen atoms in total. The summed E-state index contributed by atoms with van der Waals surface area (Å²) >= 11 is 1.53. The fourth-order valence-electron chi connectivity index (χ4n) is 6.83. The van der Waals surface area contributed by atoms with Crippen molar-refractivity contribution in [2.24, 2.45) is 23.2 Å². The van der Waals surface area contributed by atoms with Crippen LogP contribution in [0.3, 0.4) is 0 Å². The van der Waals surface area contributed by atoms with Crippen LogP contribution in [-0.2, 0) is 14.1 Å². The van der Waals surface area contributed by atoms with Crippen molar-refractivity contribution >= 4 is 30.3 Å². The van der Waals surface area contributed by atoms with Crippen molar-refractivity contribution in [1.29, 1.82) is 0 Å². The average molecular weight is 554 g/mol. The first-order valence-electron chi connectivity index (χ1n) is 14.0. The summed E-state index contributed by atoms with van der Waals surface area (Å²) in [6.07, 6.45) is 1.63. The van der Waals surface area contributed by atoms with Crippen molar-refractivity contribution in [3.63, 3.8) is 0 Å². The van der Waals surface area contributed by atoms with Gasteiger partial charge in [0.05, 0.1) is 34.3 Å². The Bertz CT molecular complexity index is 1210. The van der Waals surface area contributed by atoms with Gasteiger partial charge in [0.2, 0.25) is 5.91 Å². The number of nitrogens with zero attached hydrogens (tertiary/aromatic N) is 1. The Morgan fingerprint density at radius 3 is 2.56 bits per heavy atom. The molecule has 210 valence electrons. The fraction of sp³-hybridized carbons (Fsp3) is 0.621. The van der Waals surface area contributed by atoms with E-state index in [4.69, 9.17) is 9.31 Å². The van der Waals surface area contributed by atoms with Gasteiger partial charge >= 0.3 is 7.12 Å². The number of aliphatic hydroxyl groups excluding tert-OH is 1. The molecule has 6 rings (SSSR count). The lowest BCUT2D eigenvalue weighted by atomic mass is 9.43. The second-order valence-electron chi connectivity index (χ2n) is 12.7. The van der Waals surface area contributed by atoms with Crippen LogP contribution in [0, 0.1) is 23.2 Å².